The van der Waals surface area contributed by atoms with Crippen LogP contribution in [0.4, 0.5) is 14.9 Å². The summed E-state index contributed by atoms with van der Waals surface area (Å²) in [7, 11) is 0. The predicted molar refractivity (Wildman–Crippen MR) is 146 cm³/mol. The van der Waals surface area contributed by atoms with Crippen LogP contribution in [0.1, 0.15) is 35.4 Å². The highest BCUT2D eigenvalue weighted by molar-refractivity contribution is 7.10. The molecule has 1 saturated heterocycles. The van der Waals surface area contributed by atoms with E-state index >= 15 is 0 Å². The van der Waals surface area contributed by atoms with Crippen molar-refractivity contribution in [3.8, 4) is 0 Å². The molecule has 1 N–H and O–H groups in total. The highest BCUT2D eigenvalue weighted by atomic mass is 35.5. The summed E-state index contributed by atoms with van der Waals surface area (Å²) in [6, 6.07) is 15.6. The van der Waals surface area contributed by atoms with Gasteiger partial charge in [0.25, 0.3) is 0 Å². The summed E-state index contributed by atoms with van der Waals surface area (Å²) < 4.78 is 14.1. The van der Waals surface area contributed by atoms with E-state index < -0.39 is 0 Å². The fraction of sp³-hybridized carbons (Fsp3) is 0.357. The Labute approximate surface area is 225 Å². The molecule has 2 aromatic carbocycles. The molecule has 2 atom stereocenters. The quantitative estimate of drug-likeness (QED) is 0.455. The van der Waals surface area contributed by atoms with Crippen LogP contribution in [0.25, 0.3) is 0 Å². The number of halogens is 2. The van der Waals surface area contributed by atoms with Gasteiger partial charge in [0.1, 0.15) is 5.82 Å². The highest BCUT2D eigenvalue weighted by Crippen LogP contribution is 2.38. The lowest BCUT2D eigenvalue weighted by atomic mass is 9.93. The molecule has 6 nitrogen and oxygen atoms in total. The third-order valence-electron chi connectivity index (χ3n) is 7.16. The van der Waals surface area contributed by atoms with Gasteiger partial charge >= 0.3 is 6.03 Å². The molecule has 3 heterocycles. The third kappa shape index (κ3) is 5.81. The van der Waals surface area contributed by atoms with E-state index in [4.69, 9.17) is 11.6 Å². The first kappa shape index (κ1) is 25.7. The molecule has 0 bridgehead atoms. The number of carbonyl (C=O) groups excluding carboxylic acids is 2. The fourth-order valence-electron chi connectivity index (χ4n) is 5.32. The van der Waals surface area contributed by atoms with E-state index in [9.17, 15) is 14.0 Å². The zero-order valence-electron chi connectivity index (χ0n) is 20.7. The molecule has 0 saturated carbocycles. The first-order chi connectivity index (χ1) is 17.9. The Bertz CT molecular complexity index is 1280. The molecule has 0 aliphatic carbocycles. The van der Waals surface area contributed by atoms with Crippen molar-refractivity contribution in [2.24, 2.45) is 0 Å². The van der Waals surface area contributed by atoms with E-state index in [0.29, 0.717) is 43.3 Å². The SMILES string of the molecule is CC1CN(C(=O)CCN2CCc3sccc3C2c2cccc(F)c2)CCN1C(=O)Nc1cccc(Cl)c1. The number of nitrogens with one attached hydrogen (secondary N) is 1. The number of piperazine rings is 1. The molecule has 1 aromatic heterocycles. The minimum Gasteiger partial charge on any atom is -0.339 e. The van der Waals surface area contributed by atoms with Crippen molar-refractivity contribution >= 4 is 40.6 Å². The summed E-state index contributed by atoms with van der Waals surface area (Å²) >= 11 is 7.77. The zero-order valence-corrected chi connectivity index (χ0v) is 22.3. The van der Waals surface area contributed by atoms with Crippen molar-refractivity contribution in [1.82, 2.24) is 14.7 Å². The minimum atomic E-state index is -0.248. The van der Waals surface area contributed by atoms with E-state index in [2.05, 4.69) is 21.7 Å². The number of hydrogen-bond donors (Lipinski definition) is 1. The van der Waals surface area contributed by atoms with Crippen LogP contribution in [0.15, 0.2) is 60.0 Å². The van der Waals surface area contributed by atoms with E-state index in [1.807, 2.05) is 17.9 Å². The minimum absolute atomic E-state index is 0.0514. The third-order valence-corrected chi connectivity index (χ3v) is 8.39. The number of anilines is 1. The number of hydrogen-bond acceptors (Lipinski definition) is 4. The summed E-state index contributed by atoms with van der Waals surface area (Å²) in [6.45, 7) is 4.83. The van der Waals surface area contributed by atoms with Gasteiger partial charge < -0.3 is 15.1 Å². The molecule has 2 aliphatic heterocycles. The van der Waals surface area contributed by atoms with Gasteiger partial charge in [-0.15, -0.1) is 11.3 Å². The van der Waals surface area contributed by atoms with Gasteiger partial charge in [-0.2, -0.15) is 0 Å². The van der Waals surface area contributed by atoms with E-state index in [0.717, 1.165) is 18.5 Å². The Morgan fingerprint density at radius 1 is 1.11 bits per heavy atom. The van der Waals surface area contributed by atoms with Crippen LogP contribution in [-0.4, -0.2) is 65.4 Å². The van der Waals surface area contributed by atoms with Crippen molar-refractivity contribution < 1.29 is 14.0 Å². The molecule has 194 valence electrons. The normalized spacial score (nSPS) is 20.0. The number of amides is 3. The number of benzene rings is 2. The molecule has 5 rings (SSSR count). The number of carbonyl (C=O) groups is 2. The molecule has 3 amide bonds. The molecule has 9 heteroatoms. The summed E-state index contributed by atoms with van der Waals surface area (Å²) in [6.07, 6.45) is 1.32. The first-order valence-electron chi connectivity index (χ1n) is 12.6. The molecule has 0 spiro atoms. The average molecular weight is 541 g/mol. The zero-order chi connectivity index (χ0) is 25.9. The maximum atomic E-state index is 14.1. The van der Waals surface area contributed by atoms with Crippen molar-refractivity contribution in [3.63, 3.8) is 0 Å². The van der Waals surface area contributed by atoms with E-state index in [1.54, 1.807) is 52.6 Å². The second-order valence-corrected chi connectivity index (χ2v) is 11.1. The van der Waals surface area contributed by atoms with Gasteiger partial charge in [-0.05, 0) is 66.2 Å². The topological polar surface area (TPSA) is 55.9 Å². The van der Waals surface area contributed by atoms with Crippen LogP contribution >= 0.6 is 22.9 Å². The summed E-state index contributed by atoms with van der Waals surface area (Å²) in [5.74, 6) is -0.169. The Balaban J connectivity index is 1.19. The first-order valence-corrected chi connectivity index (χ1v) is 13.8. The highest BCUT2D eigenvalue weighted by Gasteiger charge is 2.32. The lowest BCUT2D eigenvalue weighted by Gasteiger charge is -2.40. The molecule has 0 radical (unpaired) electrons. The van der Waals surface area contributed by atoms with Crippen LogP contribution in [0.2, 0.25) is 5.02 Å². The molecule has 3 aromatic rings. The predicted octanol–water partition coefficient (Wildman–Crippen LogP) is 5.64. The number of rotatable bonds is 5. The van der Waals surface area contributed by atoms with Gasteiger partial charge in [0.05, 0.1) is 6.04 Å². The average Bonchev–Trinajstić information content (AvgIpc) is 3.35. The Kier molecular flexibility index (Phi) is 7.79. The summed E-state index contributed by atoms with van der Waals surface area (Å²) in [5.41, 5.74) is 2.77. The number of nitrogens with zero attached hydrogens (tertiary/aromatic N) is 3. The largest absolute Gasteiger partial charge is 0.339 e. The monoisotopic (exact) mass is 540 g/mol. The fourth-order valence-corrected chi connectivity index (χ4v) is 6.42. The Hall–Kier alpha value is -2.94. The Morgan fingerprint density at radius 3 is 2.73 bits per heavy atom. The van der Waals surface area contributed by atoms with Crippen molar-refractivity contribution in [2.75, 3.05) is 38.0 Å². The summed E-state index contributed by atoms with van der Waals surface area (Å²) in [4.78, 5) is 33.2. The molecular formula is C28H30ClFN4O2S. The molecule has 37 heavy (non-hydrogen) atoms. The maximum absolute atomic E-state index is 14.1. The van der Waals surface area contributed by atoms with E-state index in [-0.39, 0.29) is 29.8 Å². The van der Waals surface area contributed by atoms with Gasteiger partial charge in [-0.25, -0.2) is 9.18 Å². The number of urea groups is 1. The van der Waals surface area contributed by atoms with Crippen LogP contribution < -0.4 is 5.32 Å². The van der Waals surface area contributed by atoms with Crippen LogP contribution in [0.3, 0.4) is 0 Å². The van der Waals surface area contributed by atoms with E-state index in [1.165, 1.54) is 16.5 Å². The van der Waals surface area contributed by atoms with Crippen LogP contribution in [0, 0.1) is 5.82 Å². The molecule has 2 aliphatic rings. The van der Waals surface area contributed by atoms with Crippen molar-refractivity contribution in [3.05, 3.63) is 86.8 Å². The van der Waals surface area contributed by atoms with Gasteiger partial charge in [-0.1, -0.05) is 29.8 Å². The van der Waals surface area contributed by atoms with Crippen molar-refractivity contribution in [2.45, 2.75) is 31.8 Å². The van der Waals surface area contributed by atoms with Gasteiger partial charge in [0.2, 0.25) is 5.91 Å². The lowest BCUT2D eigenvalue weighted by molar-refractivity contribution is -0.134. The van der Waals surface area contributed by atoms with Gasteiger partial charge in [0, 0.05) is 60.8 Å². The standard InChI is InChI=1S/C28H30ClFN4O2S/c1-19-18-33(13-14-34(19)28(36)31-23-7-3-5-21(29)17-23)26(35)9-12-32-11-8-25-24(10-15-37-25)27(32)20-4-2-6-22(30)16-20/h2-7,10,15-17,19,27H,8-9,11-14,18H2,1H3,(H,31,36). The smallest absolute Gasteiger partial charge is 0.322 e. The maximum Gasteiger partial charge on any atom is 0.322 e. The molecule has 1 fully saturated rings. The van der Waals surface area contributed by atoms with Crippen LogP contribution in [-0.2, 0) is 11.2 Å². The van der Waals surface area contributed by atoms with Gasteiger partial charge in [-0.3, -0.25) is 9.69 Å². The Morgan fingerprint density at radius 2 is 1.95 bits per heavy atom. The lowest BCUT2D eigenvalue weighted by Crippen LogP contribution is -2.56. The molecular weight excluding hydrogens is 511 g/mol. The van der Waals surface area contributed by atoms with Crippen LogP contribution in [0.5, 0.6) is 0 Å². The number of fused-ring (bicyclic) bond motifs is 1. The van der Waals surface area contributed by atoms with Gasteiger partial charge in [0.15, 0.2) is 0 Å². The second-order valence-electron chi connectivity index (χ2n) is 9.62. The second kappa shape index (κ2) is 11.2. The van der Waals surface area contributed by atoms with Crippen molar-refractivity contribution in [1.29, 1.82) is 0 Å². The number of thiophene rings is 1. The summed E-state index contributed by atoms with van der Waals surface area (Å²) in [5, 5.41) is 5.54. The molecule has 2 unspecified atom stereocenters.